The molecule has 0 bridgehead atoms. The summed E-state index contributed by atoms with van der Waals surface area (Å²) in [5, 5.41) is 0. The van der Waals surface area contributed by atoms with Crippen molar-refractivity contribution in [3.8, 4) is 5.75 Å². The SMILES string of the molecule is O=C1OC2(CCN(C(=O)c3ccc4c(c3)CCC4)CC2)CN1CCOc1ccccc1. The van der Waals surface area contributed by atoms with Crippen molar-refractivity contribution in [3.05, 3.63) is 65.2 Å². The first-order chi connectivity index (χ1) is 15.1. The number of carbonyl (C=O) groups is 2. The number of aryl methyl sites for hydroxylation is 2. The first kappa shape index (κ1) is 19.9. The predicted molar refractivity (Wildman–Crippen MR) is 116 cm³/mol. The summed E-state index contributed by atoms with van der Waals surface area (Å²) in [6.45, 7) is 2.70. The molecule has 2 amide bonds. The van der Waals surface area contributed by atoms with Crippen LogP contribution in [0.2, 0.25) is 0 Å². The number of piperidine rings is 1. The van der Waals surface area contributed by atoms with Crippen molar-refractivity contribution < 1.29 is 19.1 Å². The van der Waals surface area contributed by atoms with Crippen molar-refractivity contribution in [1.82, 2.24) is 9.80 Å². The number of benzene rings is 2. The molecule has 0 atom stereocenters. The minimum atomic E-state index is -0.488. The highest BCUT2D eigenvalue weighted by Gasteiger charge is 2.47. The lowest BCUT2D eigenvalue weighted by atomic mass is 9.91. The number of amides is 2. The Balaban J connectivity index is 1.14. The third kappa shape index (κ3) is 4.11. The molecule has 0 radical (unpaired) electrons. The molecule has 2 heterocycles. The van der Waals surface area contributed by atoms with Gasteiger partial charge in [-0.2, -0.15) is 0 Å². The molecular weight excluding hydrogens is 392 g/mol. The number of likely N-dealkylation sites (tertiary alicyclic amines) is 1. The van der Waals surface area contributed by atoms with Crippen LogP contribution in [0, 0.1) is 0 Å². The molecule has 2 fully saturated rings. The molecule has 2 aromatic carbocycles. The molecule has 0 unspecified atom stereocenters. The molecule has 2 saturated heterocycles. The first-order valence-electron chi connectivity index (χ1n) is 11.2. The van der Waals surface area contributed by atoms with E-state index in [1.807, 2.05) is 41.3 Å². The van der Waals surface area contributed by atoms with Crippen molar-refractivity contribution >= 4 is 12.0 Å². The average molecular weight is 421 g/mol. The Kier molecular flexibility index (Phi) is 5.30. The smallest absolute Gasteiger partial charge is 0.410 e. The number of fused-ring (bicyclic) bond motifs is 1. The number of hydrogen-bond acceptors (Lipinski definition) is 4. The van der Waals surface area contributed by atoms with Crippen molar-refractivity contribution in [1.29, 1.82) is 0 Å². The van der Waals surface area contributed by atoms with Crippen LogP contribution in [0.4, 0.5) is 4.79 Å². The van der Waals surface area contributed by atoms with E-state index in [0.717, 1.165) is 24.2 Å². The Morgan fingerprint density at radius 1 is 1.03 bits per heavy atom. The number of nitrogens with zero attached hydrogens (tertiary/aromatic N) is 2. The lowest BCUT2D eigenvalue weighted by Gasteiger charge is -2.37. The van der Waals surface area contributed by atoms with Gasteiger partial charge in [0, 0.05) is 31.5 Å². The van der Waals surface area contributed by atoms with E-state index in [4.69, 9.17) is 9.47 Å². The third-order valence-corrected chi connectivity index (χ3v) is 6.72. The summed E-state index contributed by atoms with van der Waals surface area (Å²) in [6.07, 6.45) is 4.43. The molecule has 6 nitrogen and oxygen atoms in total. The lowest BCUT2D eigenvalue weighted by molar-refractivity contribution is 0.00312. The monoisotopic (exact) mass is 420 g/mol. The molecule has 0 saturated carbocycles. The maximum atomic E-state index is 13.0. The minimum absolute atomic E-state index is 0.0852. The highest BCUT2D eigenvalue weighted by atomic mass is 16.6. The van der Waals surface area contributed by atoms with E-state index in [9.17, 15) is 9.59 Å². The molecular formula is C25H28N2O4. The van der Waals surface area contributed by atoms with Gasteiger partial charge < -0.3 is 19.3 Å². The second-order valence-corrected chi connectivity index (χ2v) is 8.76. The van der Waals surface area contributed by atoms with E-state index in [0.29, 0.717) is 45.6 Å². The van der Waals surface area contributed by atoms with Gasteiger partial charge in [-0.15, -0.1) is 0 Å². The highest BCUT2D eigenvalue weighted by molar-refractivity contribution is 5.94. The molecule has 162 valence electrons. The topological polar surface area (TPSA) is 59.1 Å². The van der Waals surface area contributed by atoms with Crippen molar-refractivity contribution in [2.24, 2.45) is 0 Å². The fraction of sp³-hybridized carbons (Fsp3) is 0.440. The largest absolute Gasteiger partial charge is 0.492 e. The fourth-order valence-electron chi connectivity index (χ4n) is 4.92. The summed E-state index contributed by atoms with van der Waals surface area (Å²) in [5.74, 6) is 0.880. The van der Waals surface area contributed by atoms with E-state index < -0.39 is 5.60 Å². The maximum absolute atomic E-state index is 13.0. The van der Waals surface area contributed by atoms with Crippen LogP contribution in [0.15, 0.2) is 48.5 Å². The van der Waals surface area contributed by atoms with Gasteiger partial charge in [0.25, 0.3) is 5.91 Å². The van der Waals surface area contributed by atoms with E-state index in [-0.39, 0.29) is 12.0 Å². The quantitative estimate of drug-likeness (QED) is 0.740. The number of para-hydroxylation sites is 1. The molecule has 2 aromatic rings. The van der Waals surface area contributed by atoms with Crippen LogP contribution in [0.5, 0.6) is 5.75 Å². The molecule has 3 aliphatic rings. The number of hydrogen-bond donors (Lipinski definition) is 0. The Labute approximate surface area is 182 Å². The number of ether oxygens (including phenoxy) is 2. The minimum Gasteiger partial charge on any atom is -0.492 e. The van der Waals surface area contributed by atoms with Gasteiger partial charge in [0.2, 0.25) is 0 Å². The maximum Gasteiger partial charge on any atom is 0.410 e. The van der Waals surface area contributed by atoms with Crippen molar-refractivity contribution in [2.45, 2.75) is 37.7 Å². The van der Waals surface area contributed by atoms with E-state index in [1.54, 1.807) is 4.90 Å². The molecule has 0 N–H and O–H groups in total. The van der Waals surface area contributed by atoms with Crippen LogP contribution < -0.4 is 4.74 Å². The zero-order valence-corrected chi connectivity index (χ0v) is 17.7. The molecule has 1 spiro atoms. The van der Waals surface area contributed by atoms with Crippen LogP contribution in [-0.4, -0.2) is 60.2 Å². The first-order valence-corrected chi connectivity index (χ1v) is 11.2. The van der Waals surface area contributed by atoms with Crippen LogP contribution in [0.3, 0.4) is 0 Å². The van der Waals surface area contributed by atoms with Gasteiger partial charge in [-0.3, -0.25) is 4.79 Å². The van der Waals surface area contributed by atoms with E-state index >= 15 is 0 Å². The van der Waals surface area contributed by atoms with Gasteiger partial charge in [0.1, 0.15) is 18.0 Å². The van der Waals surface area contributed by atoms with Gasteiger partial charge in [0.15, 0.2) is 0 Å². The summed E-state index contributed by atoms with van der Waals surface area (Å²) in [7, 11) is 0. The molecule has 5 rings (SSSR count). The average Bonchev–Trinajstić information content (AvgIpc) is 3.38. The zero-order valence-electron chi connectivity index (χ0n) is 17.7. The predicted octanol–water partition coefficient (Wildman–Crippen LogP) is 3.68. The van der Waals surface area contributed by atoms with Gasteiger partial charge in [-0.1, -0.05) is 24.3 Å². The van der Waals surface area contributed by atoms with E-state index in [2.05, 4.69) is 12.1 Å². The van der Waals surface area contributed by atoms with E-state index in [1.165, 1.54) is 17.5 Å². The normalized spacial score (nSPS) is 19.4. The molecule has 2 aliphatic heterocycles. The third-order valence-electron chi connectivity index (χ3n) is 6.72. The van der Waals surface area contributed by atoms with Gasteiger partial charge >= 0.3 is 6.09 Å². The summed E-state index contributed by atoms with van der Waals surface area (Å²) < 4.78 is 11.5. The molecule has 31 heavy (non-hydrogen) atoms. The van der Waals surface area contributed by atoms with Crippen LogP contribution >= 0.6 is 0 Å². The fourth-order valence-corrected chi connectivity index (χ4v) is 4.92. The lowest BCUT2D eigenvalue weighted by Crippen LogP contribution is -2.48. The van der Waals surface area contributed by atoms with Gasteiger partial charge in [-0.05, 0) is 54.7 Å². The van der Waals surface area contributed by atoms with Gasteiger partial charge in [-0.25, -0.2) is 4.79 Å². The zero-order chi connectivity index (χ0) is 21.3. The summed E-state index contributed by atoms with van der Waals surface area (Å²) in [6, 6.07) is 15.7. The molecule has 1 aliphatic carbocycles. The summed E-state index contributed by atoms with van der Waals surface area (Å²) in [5.41, 5.74) is 2.99. The van der Waals surface area contributed by atoms with Crippen molar-refractivity contribution in [2.75, 3.05) is 32.8 Å². The standard InChI is InChI=1S/C25H28N2O4/c28-23(21-10-9-19-5-4-6-20(19)17-21)26-13-11-25(12-14-26)18-27(24(29)31-25)15-16-30-22-7-2-1-3-8-22/h1-3,7-10,17H,4-6,11-16,18H2. The number of carbonyl (C=O) groups excluding carboxylic acids is 2. The Morgan fingerprint density at radius 3 is 2.61 bits per heavy atom. The van der Waals surface area contributed by atoms with Crippen LogP contribution in [-0.2, 0) is 17.6 Å². The summed E-state index contributed by atoms with van der Waals surface area (Å²) in [4.78, 5) is 29.0. The summed E-state index contributed by atoms with van der Waals surface area (Å²) >= 11 is 0. The van der Waals surface area contributed by atoms with Crippen molar-refractivity contribution in [3.63, 3.8) is 0 Å². The van der Waals surface area contributed by atoms with Gasteiger partial charge in [0.05, 0.1) is 13.1 Å². The number of rotatable bonds is 5. The Hall–Kier alpha value is -3.02. The van der Waals surface area contributed by atoms with Crippen LogP contribution in [0.25, 0.3) is 0 Å². The highest BCUT2D eigenvalue weighted by Crippen LogP contribution is 2.34. The molecule has 0 aromatic heterocycles. The second kappa shape index (κ2) is 8.25. The second-order valence-electron chi connectivity index (χ2n) is 8.76. The van der Waals surface area contributed by atoms with Crippen LogP contribution in [0.1, 0.15) is 40.7 Å². The Morgan fingerprint density at radius 2 is 1.81 bits per heavy atom. The molecule has 6 heteroatoms. The Bertz CT molecular complexity index is 967.